The molecule has 1 aliphatic carbocycles. The molecule has 0 N–H and O–H groups in total. The van der Waals surface area contributed by atoms with Crippen LogP contribution in [0.1, 0.15) is 59.3 Å². The standard InChI is InChI=1S/C28H34N2O3/c1-21-10-7-8-11-22(21)19-29-15-9-14-25(29)20-30(24-12-5-4-6-13-24)28(31)23-16-26(32-2)18-27(17-23)33-3/h7-11,14-18,24H,4-6,12-13,19-20H2,1-3H3. The fraction of sp³-hybridized carbons (Fsp3) is 0.393. The predicted molar refractivity (Wildman–Crippen MR) is 131 cm³/mol. The van der Waals surface area contributed by atoms with Crippen LogP contribution in [-0.4, -0.2) is 35.6 Å². The molecule has 1 heterocycles. The molecule has 5 nitrogen and oxygen atoms in total. The lowest BCUT2D eigenvalue weighted by molar-refractivity contribution is 0.0608. The number of aromatic nitrogens is 1. The molecule has 33 heavy (non-hydrogen) atoms. The molecule has 0 spiro atoms. The lowest BCUT2D eigenvalue weighted by atomic mass is 9.93. The van der Waals surface area contributed by atoms with Crippen LogP contribution < -0.4 is 9.47 Å². The van der Waals surface area contributed by atoms with E-state index in [0.29, 0.717) is 23.6 Å². The number of hydrogen-bond acceptors (Lipinski definition) is 3. The van der Waals surface area contributed by atoms with Crippen molar-refractivity contribution in [1.82, 2.24) is 9.47 Å². The topological polar surface area (TPSA) is 43.7 Å². The second-order valence-corrected chi connectivity index (χ2v) is 8.88. The summed E-state index contributed by atoms with van der Waals surface area (Å²) in [7, 11) is 3.22. The van der Waals surface area contributed by atoms with E-state index in [1.807, 2.05) is 12.1 Å². The Morgan fingerprint density at radius 1 is 0.970 bits per heavy atom. The van der Waals surface area contributed by atoms with Gasteiger partial charge in [-0.05, 0) is 55.2 Å². The van der Waals surface area contributed by atoms with Gasteiger partial charge in [0, 0.05) is 36.1 Å². The number of ether oxygens (including phenoxy) is 2. The summed E-state index contributed by atoms with van der Waals surface area (Å²) in [5.74, 6) is 1.29. The first-order valence-electron chi connectivity index (χ1n) is 11.8. The minimum absolute atomic E-state index is 0.0303. The zero-order valence-corrected chi connectivity index (χ0v) is 19.9. The molecule has 1 saturated carbocycles. The van der Waals surface area contributed by atoms with Gasteiger partial charge in [-0.3, -0.25) is 4.79 Å². The van der Waals surface area contributed by atoms with Crippen LogP contribution >= 0.6 is 0 Å². The molecule has 3 aromatic rings. The lowest BCUT2D eigenvalue weighted by Crippen LogP contribution is -2.41. The van der Waals surface area contributed by atoms with E-state index in [0.717, 1.165) is 25.1 Å². The molecule has 0 bridgehead atoms. The Morgan fingerprint density at radius 3 is 2.33 bits per heavy atom. The highest BCUT2D eigenvalue weighted by atomic mass is 16.5. The van der Waals surface area contributed by atoms with E-state index < -0.39 is 0 Å². The van der Waals surface area contributed by atoms with Gasteiger partial charge in [0.15, 0.2) is 0 Å². The number of carbonyl (C=O) groups is 1. The fourth-order valence-corrected chi connectivity index (χ4v) is 4.75. The summed E-state index contributed by atoms with van der Waals surface area (Å²) in [6.07, 6.45) is 7.78. The van der Waals surface area contributed by atoms with Gasteiger partial charge in [0.2, 0.25) is 0 Å². The van der Waals surface area contributed by atoms with Crippen molar-refractivity contribution >= 4 is 5.91 Å². The predicted octanol–water partition coefficient (Wildman–Crippen LogP) is 5.84. The smallest absolute Gasteiger partial charge is 0.254 e. The van der Waals surface area contributed by atoms with E-state index in [-0.39, 0.29) is 11.9 Å². The van der Waals surface area contributed by atoms with E-state index in [1.165, 1.54) is 30.4 Å². The van der Waals surface area contributed by atoms with Crippen LogP contribution in [0.5, 0.6) is 11.5 Å². The Balaban J connectivity index is 1.63. The number of aryl methyl sites for hydroxylation is 1. The molecule has 1 aliphatic rings. The van der Waals surface area contributed by atoms with Gasteiger partial charge in [0.05, 0.1) is 20.8 Å². The lowest BCUT2D eigenvalue weighted by Gasteiger charge is -2.35. The van der Waals surface area contributed by atoms with Gasteiger partial charge in [-0.15, -0.1) is 0 Å². The van der Waals surface area contributed by atoms with E-state index in [9.17, 15) is 4.79 Å². The molecule has 1 aromatic heterocycles. The van der Waals surface area contributed by atoms with Crippen molar-refractivity contribution in [1.29, 1.82) is 0 Å². The number of rotatable bonds is 8. The summed E-state index contributed by atoms with van der Waals surface area (Å²) < 4.78 is 13.1. The van der Waals surface area contributed by atoms with E-state index in [1.54, 1.807) is 20.3 Å². The van der Waals surface area contributed by atoms with Crippen LogP contribution in [0.2, 0.25) is 0 Å². The van der Waals surface area contributed by atoms with E-state index in [2.05, 4.69) is 59.0 Å². The van der Waals surface area contributed by atoms with Crippen LogP contribution in [0, 0.1) is 6.92 Å². The average molecular weight is 447 g/mol. The maximum Gasteiger partial charge on any atom is 0.254 e. The van der Waals surface area contributed by atoms with Crippen molar-refractivity contribution in [3.05, 3.63) is 83.2 Å². The Labute approximate surface area is 196 Å². The summed E-state index contributed by atoms with van der Waals surface area (Å²) >= 11 is 0. The van der Waals surface area contributed by atoms with Gasteiger partial charge in [0.1, 0.15) is 11.5 Å². The maximum atomic E-state index is 13.8. The molecule has 0 aliphatic heterocycles. The van der Waals surface area contributed by atoms with Gasteiger partial charge >= 0.3 is 0 Å². The van der Waals surface area contributed by atoms with E-state index in [4.69, 9.17) is 9.47 Å². The Hall–Kier alpha value is -3.21. The second kappa shape index (κ2) is 10.6. The molecule has 174 valence electrons. The first kappa shape index (κ1) is 23.0. The van der Waals surface area contributed by atoms with Gasteiger partial charge in [-0.1, -0.05) is 43.5 Å². The molecule has 1 amide bonds. The van der Waals surface area contributed by atoms with Crippen molar-refractivity contribution in [2.75, 3.05) is 14.2 Å². The zero-order valence-electron chi connectivity index (χ0n) is 19.9. The van der Waals surface area contributed by atoms with E-state index >= 15 is 0 Å². The monoisotopic (exact) mass is 446 g/mol. The molecule has 4 rings (SSSR count). The van der Waals surface area contributed by atoms with Crippen LogP contribution in [0.3, 0.4) is 0 Å². The van der Waals surface area contributed by atoms with Crippen molar-refractivity contribution in [2.45, 2.75) is 58.2 Å². The van der Waals surface area contributed by atoms with Crippen LogP contribution in [0.15, 0.2) is 60.8 Å². The van der Waals surface area contributed by atoms with Gasteiger partial charge < -0.3 is 18.9 Å². The highest BCUT2D eigenvalue weighted by Gasteiger charge is 2.28. The molecule has 1 fully saturated rings. The van der Waals surface area contributed by atoms with Crippen molar-refractivity contribution < 1.29 is 14.3 Å². The Morgan fingerprint density at radius 2 is 1.67 bits per heavy atom. The third-order valence-corrected chi connectivity index (χ3v) is 6.73. The maximum absolute atomic E-state index is 13.8. The first-order chi connectivity index (χ1) is 16.1. The number of carbonyl (C=O) groups excluding carboxylic acids is 1. The third-order valence-electron chi connectivity index (χ3n) is 6.73. The van der Waals surface area contributed by atoms with Gasteiger partial charge in [0.25, 0.3) is 5.91 Å². The molecule has 0 radical (unpaired) electrons. The molecule has 0 atom stereocenters. The normalized spacial score (nSPS) is 14.2. The molecule has 2 aromatic carbocycles. The summed E-state index contributed by atoms with van der Waals surface area (Å²) in [5, 5.41) is 0. The summed E-state index contributed by atoms with van der Waals surface area (Å²) in [6, 6.07) is 18.3. The number of methoxy groups -OCH3 is 2. The Bertz CT molecular complexity index is 1060. The van der Waals surface area contributed by atoms with Crippen LogP contribution in [0.25, 0.3) is 0 Å². The van der Waals surface area contributed by atoms with Gasteiger partial charge in [-0.25, -0.2) is 0 Å². The number of amides is 1. The SMILES string of the molecule is COc1cc(OC)cc(C(=O)N(Cc2cccn2Cc2ccccc2C)C2CCCCC2)c1. The minimum atomic E-state index is 0.0303. The van der Waals surface area contributed by atoms with Gasteiger partial charge in [-0.2, -0.15) is 0 Å². The molecular formula is C28H34N2O3. The summed E-state index contributed by atoms with van der Waals surface area (Å²) in [4.78, 5) is 15.9. The third kappa shape index (κ3) is 5.41. The number of nitrogens with zero attached hydrogens (tertiary/aromatic N) is 2. The van der Waals surface area contributed by atoms with Crippen molar-refractivity contribution in [3.63, 3.8) is 0 Å². The number of benzene rings is 2. The highest BCUT2D eigenvalue weighted by Crippen LogP contribution is 2.29. The number of hydrogen-bond donors (Lipinski definition) is 0. The summed E-state index contributed by atoms with van der Waals surface area (Å²) in [5.41, 5.74) is 4.32. The highest BCUT2D eigenvalue weighted by molar-refractivity contribution is 5.95. The second-order valence-electron chi connectivity index (χ2n) is 8.88. The summed E-state index contributed by atoms with van der Waals surface area (Å²) in [6.45, 7) is 3.53. The molecule has 0 saturated heterocycles. The zero-order chi connectivity index (χ0) is 23.2. The Kier molecular flexibility index (Phi) is 7.38. The average Bonchev–Trinajstić information content (AvgIpc) is 3.30. The molecule has 5 heteroatoms. The first-order valence-corrected chi connectivity index (χ1v) is 11.8. The molecular weight excluding hydrogens is 412 g/mol. The van der Waals surface area contributed by atoms with Crippen molar-refractivity contribution in [2.24, 2.45) is 0 Å². The van der Waals surface area contributed by atoms with Crippen molar-refractivity contribution in [3.8, 4) is 11.5 Å². The quantitative estimate of drug-likeness (QED) is 0.437. The van der Waals surface area contributed by atoms with Crippen LogP contribution in [0.4, 0.5) is 0 Å². The van der Waals surface area contributed by atoms with Crippen LogP contribution in [-0.2, 0) is 13.1 Å². The molecule has 0 unspecified atom stereocenters. The largest absolute Gasteiger partial charge is 0.497 e. The minimum Gasteiger partial charge on any atom is -0.497 e. The fourth-order valence-electron chi connectivity index (χ4n) is 4.75.